The topological polar surface area (TPSA) is 40.6 Å². The van der Waals surface area contributed by atoms with Gasteiger partial charge < -0.3 is 9.80 Å². The Kier molecular flexibility index (Phi) is 5.30. The van der Waals surface area contributed by atoms with Gasteiger partial charge in [0.25, 0.3) is 5.91 Å². The first kappa shape index (κ1) is 16.7. The van der Waals surface area contributed by atoms with E-state index in [1.54, 1.807) is 4.90 Å². The normalized spacial score (nSPS) is 17.0. The molecule has 2 amide bonds. The Bertz CT molecular complexity index is 685. The third-order valence-electron chi connectivity index (χ3n) is 4.46. The maximum Gasteiger partial charge on any atom is 0.263 e. The van der Waals surface area contributed by atoms with Crippen molar-refractivity contribution in [3.05, 3.63) is 58.3 Å². The summed E-state index contributed by atoms with van der Waals surface area (Å²) in [4.78, 5) is 29.2. The number of amides is 2. The molecule has 0 N–H and O–H groups in total. The summed E-state index contributed by atoms with van der Waals surface area (Å²) in [7, 11) is 1.85. The Balaban J connectivity index is 1.50. The van der Waals surface area contributed by atoms with Crippen LogP contribution >= 0.6 is 11.3 Å². The second kappa shape index (κ2) is 7.62. The summed E-state index contributed by atoms with van der Waals surface area (Å²) in [6.45, 7) is 2.06. The molecule has 5 heteroatoms. The molecule has 0 radical (unpaired) electrons. The van der Waals surface area contributed by atoms with Gasteiger partial charge in [0, 0.05) is 33.1 Å². The van der Waals surface area contributed by atoms with E-state index in [4.69, 9.17) is 0 Å². The van der Waals surface area contributed by atoms with E-state index in [9.17, 15) is 9.59 Å². The van der Waals surface area contributed by atoms with Crippen molar-refractivity contribution in [2.45, 2.75) is 19.4 Å². The highest BCUT2D eigenvalue weighted by molar-refractivity contribution is 7.12. The summed E-state index contributed by atoms with van der Waals surface area (Å²) in [6.07, 6.45) is 1.42. The molecule has 1 aliphatic heterocycles. The number of carbonyl (C=O) groups excluding carboxylic acids is 2. The summed E-state index contributed by atoms with van der Waals surface area (Å²) < 4.78 is 0. The lowest BCUT2D eigenvalue weighted by Gasteiger charge is -2.20. The van der Waals surface area contributed by atoms with Crippen molar-refractivity contribution in [3.8, 4) is 0 Å². The quantitative estimate of drug-likeness (QED) is 0.837. The van der Waals surface area contributed by atoms with Crippen molar-refractivity contribution < 1.29 is 9.59 Å². The Labute approximate surface area is 146 Å². The van der Waals surface area contributed by atoms with E-state index >= 15 is 0 Å². The molecule has 4 nitrogen and oxygen atoms in total. The predicted octanol–water partition coefficient (Wildman–Crippen LogP) is 3.26. The SMILES string of the molecule is CN(Cc1ccccc1)C(=O)CC1CCN(C(=O)c2cccs2)C1. The monoisotopic (exact) mass is 342 g/mol. The minimum Gasteiger partial charge on any atom is -0.341 e. The summed E-state index contributed by atoms with van der Waals surface area (Å²) >= 11 is 1.47. The summed E-state index contributed by atoms with van der Waals surface area (Å²) in [5.74, 6) is 0.506. The number of likely N-dealkylation sites (tertiary alicyclic amines) is 1. The molecular formula is C19H22N2O2S. The van der Waals surface area contributed by atoms with Crippen LogP contribution in [0.3, 0.4) is 0 Å². The molecule has 0 saturated carbocycles. The molecule has 1 unspecified atom stereocenters. The van der Waals surface area contributed by atoms with Gasteiger partial charge >= 0.3 is 0 Å². The molecule has 126 valence electrons. The van der Waals surface area contributed by atoms with Crippen molar-refractivity contribution in [3.63, 3.8) is 0 Å². The van der Waals surface area contributed by atoms with Crippen molar-refractivity contribution >= 4 is 23.2 Å². The van der Waals surface area contributed by atoms with E-state index in [0.717, 1.165) is 23.4 Å². The first-order valence-electron chi connectivity index (χ1n) is 8.24. The molecule has 1 saturated heterocycles. The summed E-state index contributed by atoms with van der Waals surface area (Å²) in [5.41, 5.74) is 1.13. The van der Waals surface area contributed by atoms with Crippen molar-refractivity contribution in [2.24, 2.45) is 5.92 Å². The van der Waals surface area contributed by atoms with Crippen LogP contribution in [-0.4, -0.2) is 41.8 Å². The van der Waals surface area contributed by atoms with Crippen LogP contribution in [0.15, 0.2) is 47.8 Å². The number of carbonyl (C=O) groups is 2. The molecule has 1 fully saturated rings. The molecule has 0 bridgehead atoms. The van der Waals surface area contributed by atoms with E-state index in [0.29, 0.717) is 19.5 Å². The van der Waals surface area contributed by atoms with Crippen LogP contribution in [0.1, 0.15) is 28.1 Å². The average Bonchev–Trinajstić information content (AvgIpc) is 3.27. The first-order chi connectivity index (χ1) is 11.6. The van der Waals surface area contributed by atoms with Gasteiger partial charge in [-0.1, -0.05) is 36.4 Å². The van der Waals surface area contributed by atoms with Gasteiger partial charge in [-0.25, -0.2) is 0 Å². The van der Waals surface area contributed by atoms with Crippen LogP contribution < -0.4 is 0 Å². The number of nitrogens with zero attached hydrogens (tertiary/aromatic N) is 2. The van der Waals surface area contributed by atoms with Gasteiger partial charge in [0.1, 0.15) is 0 Å². The maximum atomic E-state index is 12.4. The van der Waals surface area contributed by atoms with Crippen molar-refractivity contribution in [1.29, 1.82) is 0 Å². The Morgan fingerprint density at radius 2 is 2.00 bits per heavy atom. The number of hydrogen-bond acceptors (Lipinski definition) is 3. The molecule has 0 aliphatic carbocycles. The molecule has 24 heavy (non-hydrogen) atoms. The lowest BCUT2D eigenvalue weighted by molar-refractivity contribution is -0.131. The van der Waals surface area contributed by atoms with E-state index in [2.05, 4.69) is 0 Å². The van der Waals surface area contributed by atoms with E-state index in [1.807, 2.05) is 59.8 Å². The van der Waals surface area contributed by atoms with Crippen LogP contribution in [0.25, 0.3) is 0 Å². The van der Waals surface area contributed by atoms with E-state index in [1.165, 1.54) is 11.3 Å². The first-order valence-corrected chi connectivity index (χ1v) is 9.12. The Hall–Kier alpha value is -2.14. The zero-order valence-corrected chi connectivity index (χ0v) is 14.7. The minimum absolute atomic E-state index is 0.0950. The fourth-order valence-corrected chi connectivity index (χ4v) is 3.78. The highest BCUT2D eigenvalue weighted by Crippen LogP contribution is 2.23. The van der Waals surface area contributed by atoms with Gasteiger partial charge in [0.15, 0.2) is 0 Å². The fourth-order valence-electron chi connectivity index (χ4n) is 3.09. The lowest BCUT2D eigenvalue weighted by Crippen LogP contribution is -2.30. The number of hydrogen-bond donors (Lipinski definition) is 0. The second-order valence-corrected chi connectivity index (χ2v) is 7.27. The standard InChI is InChI=1S/C19H22N2O2S/c1-20(13-15-6-3-2-4-7-15)18(22)12-16-9-10-21(14-16)19(23)17-8-5-11-24-17/h2-8,11,16H,9-10,12-14H2,1H3. The second-order valence-electron chi connectivity index (χ2n) is 6.32. The van der Waals surface area contributed by atoms with Gasteiger partial charge in [-0.3, -0.25) is 9.59 Å². The Morgan fingerprint density at radius 3 is 2.71 bits per heavy atom. The van der Waals surface area contributed by atoms with E-state index < -0.39 is 0 Å². The third-order valence-corrected chi connectivity index (χ3v) is 5.31. The highest BCUT2D eigenvalue weighted by Gasteiger charge is 2.29. The van der Waals surface area contributed by atoms with Crippen LogP contribution in [0.4, 0.5) is 0 Å². The van der Waals surface area contributed by atoms with Gasteiger partial charge in [0.05, 0.1) is 4.88 Å². The highest BCUT2D eigenvalue weighted by atomic mass is 32.1. The Morgan fingerprint density at radius 1 is 1.21 bits per heavy atom. The maximum absolute atomic E-state index is 12.4. The van der Waals surface area contributed by atoms with Crippen LogP contribution in [0.5, 0.6) is 0 Å². The van der Waals surface area contributed by atoms with Crippen LogP contribution in [-0.2, 0) is 11.3 Å². The summed E-state index contributed by atoms with van der Waals surface area (Å²) in [5, 5.41) is 1.92. The predicted molar refractivity (Wildman–Crippen MR) is 95.9 cm³/mol. The number of thiophene rings is 1. The van der Waals surface area contributed by atoms with E-state index in [-0.39, 0.29) is 17.7 Å². The molecule has 1 aromatic heterocycles. The lowest BCUT2D eigenvalue weighted by atomic mass is 10.0. The molecule has 2 aromatic rings. The fraction of sp³-hybridized carbons (Fsp3) is 0.368. The third kappa shape index (κ3) is 4.03. The minimum atomic E-state index is 0.0950. The molecule has 0 spiro atoms. The van der Waals surface area contributed by atoms with Gasteiger partial charge in [0.2, 0.25) is 5.91 Å². The van der Waals surface area contributed by atoms with Gasteiger partial charge in [-0.05, 0) is 29.3 Å². The molecule has 3 rings (SSSR count). The van der Waals surface area contributed by atoms with Gasteiger partial charge in [-0.2, -0.15) is 0 Å². The smallest absolute Gasteiger partial charge is 0.263 e. The molecular weight excluding hydrogens is 320 g/mol. The molecule has 1 aliphatic rings. The zero-order chi connectivity index (χ0) is 16.9. The largest absolute Gasteiger partial charge is 0.341 e. The van der Waals surface area contributed by atoms with Crippen molar-refractivity contribution in [1.82, 2.24) is 9.80 Å². The zero-order valence-electron chi connectivity index (χ0n) is 13.9. The molecule has 1 atom stereocenters. The summed E-state index contributed by atoms with van der Waals surface area (Å²) in [6, 6.07) is 13.8. The number of benzene rings is 1. The molecule has 1 aromatic carbocycles. The van der Waals surface area contributed by atoms with Crippen LogP contribution in [0.2, 0.25) is 0 Å². The van der Waals surface area contributed by atoms with Crippen LogP contribution in [0, 0.1) is 5.92 Å². The van der Waals surface area contributed by atoms with Gasteiger partial charge in [-0.15, -0.1) is 11.3 Å². The van der Waals surface area contributed by atoms with Crippen molar-refractivity contribution in [2.75, 3.05) is 20.1 Å². The number of rotatable bonds is 5. The molecule has 2 heterocycles. The average molecular weight is 342 g/mol.